The monoisotopic (exact) mass is 203 g/mol. The Kier molecular flexibility index (Phi) is 2.83. The molecule has 0 aromatic heterocycles. The average Bonchev–Trinajstić information content (AvgIpc) is 2.09. The maximum Gasteiger partial charge on any atom is 0.305 e. The molecule has 13 heavy (non-hydrogen) atoms. The molecule has 0 fully saturated rings. The highest BCUT2D eigenvalue weighted by atomic mass is 35.5. The topological polar surface area (TPSA) is 43.1 Å². The van der Waals surface area contributed by atoms with Gasteiger partial charge in [-0.05, 0) is 18.1 Å². The quantitative estimate of drug-likeness (QED) is 0.421. The predicted octanol–water partition coefficient (Wildman–Crippen LogP) is 2.78. The molecule has 0 N–H and O–H groups in total. The van der Waals surface area contributed by atoms with Crippen LogP contribution < -0.4 is 0 Å². The van der Waals surface area contributed by atoms with Gasteiger partial charge in [-0.2, -0.15) is 4.39 Å². The van der Waals surface area contributed by atoms with Crippen LogP contribution in [-0.2, 0) is 5.88 Å². The number of nitrogens with zero attached hydrogens (tertiary/aromatic N) is 1. The van der Waals surface area contributed by atoms with E-state index in [-0.39, 0.29) is 11.4 Å². The van der Waals surface area contributed by atoms with Crippen molar-refractivity contribution in [2.24, 2.45) is 0 Å². The average molecular weight is 204 g/mol. The van der Waals surface area contributed by atoms with Crippen molar-refractivity contribution in [1.82, 2.24) is 0 Å². The Labute approximate surface area is 79.3 Å². The molecule has 0 amide bonds. The fourth-order valence-electron chi connectivity index (χ4n) is 1.03. The molecule has 0 atom stereocenters. The van der Waals surface area contributed by atoms with Gasteiger partial charge < -0.3 is 0 Å². The Morgan fingerprint density at radius 3 is 2.69 bits per heavy atom. The van der Waals surface area contributed by atoms with Crippen LogP contribution in [0, 0.1) is 22.9 Å². The summed E-state index contributed by atoms with van der Waals surface area (Å²) in [5.74, 6) is -0.652. The molecule has 1 aromatic carbocycles. The standard InChI is InChI=1S/C8H7ClFNO2/c1-5-2-6(4-9)3-7(8(5)10)11(12)13/h2-3H,4H2,1H3. The molecule has 0 bridgehead atoms. The number of alkyl halides is 1. The van der Waals surface area contributed by atoms with Crippen molar-refractivity contribution >= 4 is 17.3 Å². The Bertz CT molecular complexity index is 354. The van der Waals surface area contributed by atoms with Gasteiger partial charge in [0, 0.05) is 11.9 Å². The molecular formula is C8H7ClFNO2. The zero-order valence-corrected chi connectivity index (χ0v) is 7.64. The number of nitro benzene ring substituents is 1. The van der Waals surface area contributed by atoms with E-state index in [0.717, 1.165) is 6.07 Å². The van der Waals surface area contributed by atoms with E-state index in [0.29, 0.717) is 5.56 Å². The van der Waals surface area contributed by atoms with Crippen molar-refractivity contribution in [2.75, 3.05) is 0 Å². The van der Waals surface area contributed by atoms with Crippen molar-refractivity contribution in [3.05, 3.63) is 39.2 Å². The van der Waals surface area contributed by atoms with Gasteiger partial charge >= 0.3 is 5.69 Å². The van der Waals surface area contributed by atoms with Gasteiger partial charge in [-0.25, -0.2) is 0 Å². The van der Waals surface area contributed by atoms with E-state index in [2.05, 4.69) is 0 Å². The maximum atomic E-state index is 13.1. The largest absolute Gasteiger partial charge is 0.305 e. The molecule has 5 heteroatoms. The maximum absolute atomic E-state index is 13.1. The van der Waals surface area contributed by atoms with Crippen LogP contribution in [-0.4, -0.2) is 4.92 Å². The van der Waals surface area contributed by atoms with E-state index in [9.17, 15) is 14.5 Å². The van der Waals surface area contributed by atoms with Gasteiger partial charge in [-0.1, -0.05) is 6.07 Å². The minimum absolute atomic E-state index is 0.141. The minimum atomic E-state index is -0.793. The van der Waals surface area contributed by atoms with Crippen LogP contribution in [0.2, 0.25) is 0 Å². The number of aryl methyl sites for hydroxylation is 1. The van der Waals surface area contributed by atoms with Gasteiger partial charge in [-0.15, -0.1) is 11.6 Å². The third-order valence-electron chi connectivity index (χ3n) is 1.65. The van der Waals surface area contributed by atoms with Crippen molar-refractivity contribution in [3.63, 3.8) is 0 Å². The molecule has 1 aromatic rings. The number of benzene rings is 1. The van der Waals surface area contributed by atoms with Crippen LogP contribution in [0.15, 0.2) is 12.1 Å². The first-order chi connectivity index (χ1) is 6.06. The summed E-state index contributed by atoms with van der Waals surface area (Å²) in [4.78, 5) is 9.61. The SMILES string of the molecule is Cc1cc(CCl)cc([N+](=O)[O-])c1F. The van der Waals surface area contributed by atoms with Gasteiger partial charge in [0.15, 0.2) is 0 Å². The lowest BCUT2D eigenvalue weighted by Crippen LogP contribution is -1.96. The van der Waals surface area contributed by atoms with Gasteiger partial charge in [0.05, 0.1) is 4.92 Å². The second-order valence-corrected chi connectivity index (χ2v) is 2.90. The second-order valence-electron chi connectivity index (χ2n) is 2.64. The van der Waals surface area contributed by atoms with Crippen LogP contribution in [0.5, 0.6) is 0 Å². The Morgan fingerprint density at radius 2 is 2.23 bits per heavy atom. The summed E-state index contributed by atoms with van der Waals surface area (Å²) in [6.07, 6.45) is 0. The lowest BCUT2D eigenvalue weighted by Gasteiger charge is -2.00. The number of hydrogen-bond donors (Lipinski definition) is 0. The van der Waals surface area contributed by atoms with Crippen molar-refractivity contribution in [2.45, 2.75) is 12.8 Å². The molecule has 0 radical (unpaired) electrons. The first-order valence-corrected chi connectivity index (χ1v) is 4.09. The molecule has 0 spiro atoms. The molecule has 3 nitrogen and oxygen atoms in total. The summed E-state index contributed by atoms with van der Waals surface area (Å²) in [5, 5.41) is 10.4. The van der Waals surface area contributed by atoms with Gasteiger partial charge in [0.25, 0.3) is 0 Å². The summed E-state index contributed by atoms with van der Waals surface area (Å²) in [6.45, 7) is 1.47. The molecule has 0 unspecified atom stereocenters. The van der Waals surface area contributed by atoms with Crippen LogP contribution in [0.3, 0.4) is 0 Å². The minimum Gasteiger partial charge on any atom is -0.258 e. The molecule has 0 heterocycles. The molecule has 0 saturated carbocycles. The summed E-state index contributed by atoms with van der Waals surface area (Å²) >= 11 is 5.48. The van der Waals surface area contributed by atoms with Crippen LogP contribution in [0.1, 0.15) is 11.1 Å². The highest BCUT2D eigenvalue weighted by Gasteiger charge is 2.16. The van der Waals surface area contributed by atoms with E-state index >= 15 is 0 Å². The molecular weight excluding hydrogens is 197 g/mol. The summed E-state index contributed by atoms with van der Waals surface area (Å²) in [6, 6.07) is 2.64. The normalized spacial score (nSPS) is 10.1. The Morgan fingerprint density at radius 1 is 1.62 bits per heavy atom. The fraction of sp³-hybridized carbons (Fsp3) is 0.250. The van der Waals surface area contributed by atoms with E-state index in [1.807, 2.05) is 0 Å². The van der Waals surface area contributed by atoms with Crippen molar-refractivity contribution in [3.8, 4) is 0 Å². The highest BCUT2D eigenvalue weighted by molar-refractivity contribution is 6.17. The van der Waals surface area contributed by atoms with Crippen LogP contribution >= 0.6 is 11.6 Å². The number of rotatable bonds is 2. The zero-order valence-electron chi connectivity index (χ0n) is 6.88. The summed E-state index contributed by atoms with van der Waals surface area (Å²) in [5.41, 5.74) is 0.271. The van der Waals surface area contributed by atoms with Gasteiger partial charge in [-0.3, -0.25) is 10.1 Å². The second kappa shape index (κ2) is 3.70. The summed E-state index contributed by atoms with van der Waals surface area (Å²) < 4.78 is 13.1. The Balaban J connectivity index is 3.33. The van der Waals surface area contributed by atoms with Crippen LogP contribution in [0.25, 0.3) is 0 Å². The molecule has 1 rings (SSSR count). The van der Waals surface area contributed by atoms with Crippen LogP contribution in [0.4, 0.5) is 10.1 Å². The fourth-order valence-corrected chi connectivity index (χ4v) is 1.19. The molecule has 0 aliphatic heterocycles. The predicted molar refractivity (Wildman–Crippen MR) is 47.3 cm³/mol. The number of nitro groups is 1. The molecule has 0 saturated heterocycles. The van der Waals surface area contributed by atoms with E-state index in [1.165, 1.54) is 13.0 Å². The zero-order chi connectivity index (χ0) is 10.0. The third kappa shape index (κ3) is 1.95. The number of hydrogen-bond acceptors (Lipinski definition) is 2. The van der Waals surface area contributed by atoms with Crippen molar-refractivity contribution < 1.29 is 9.31 Å². The van der Waals surface area contributed by atoms with Crippen molar-refractivity contribution in [1.29, 1.82) is 0 Å². The molecule has 0 aliphatic rings. The van der Waals surface area contributed by atoms with Gasteiger partial charge in [0.1, 0.15) is 0 Å². The summed E-state index contributed by atoms with van der Waals surface area (Å²) in [7, 11) is 0. The van der Waals surface area contributed by atoms with E-state index in [4.69, 9.17) is 11.6 Å². The Hall–Kier alpha value is -1.16. The lowest BCUT2D eigenvalue weighted by atomic mass is 10.1. The smallest absolute Gasteiger partial charge is 0.258 e. The first-order valence-electron chi connectivity index (χ1n) is 3.55. The molecule has 0 aliphatic carbocycles. The third-order valence-corrected chi connectivity index (χ3v) is 1.95. The van der Waals surface area contributed by atoms with E-state index < -0.39 is 16.4 Å². The molecule has 70 valence electrons. The first kappa shape index (κ1) is 9.92. The number of halogens is 2. The highest BCUT2D eigenvalue weighted by Crippen LogP contribution is 2.23. The lowest BCUT2D eigenvalue weighted by molar-refractivity contribution is -0.387. The van der Waals surface area contributed by atoms with Gasteiger partial charge in [0.2, 0.25) is 5.82 Å². The van der Waals surface area contributed by atoms with E-state index in [1.54, 1.807) is 0 Å².